The highest BCUT2D eigenvalue weighted by atomic mass is 16.5. The van der Waals surface area contributed by atoms with E-state index in [1.165, 1.54) is 0 Å². The van der Waals surface area contributed by atoms with Gasteiger partial charge in [0.15, 0.2) is 0 Å². The fourth-order valence-electron chi connectivity index (χ4n) is 3.51. The summed E-state index contributed by atoms with van der Waals surface area (Å²) < 4.78 is 9.21. The lowest BCUT2D eigenvalue weighted by molar-refractivity contribution is 0.0526. The molecular weight excluding hydrogens is 396 g/mol. The first kappa shape index (κ1) is 20.3. The number of aromatic carboxylic acids is 1. The van der Waals surface area contributed by atoms with Crippen LogP contribution in [0.25, 0.3) is 22.4 Å². The Kier molecular flexibility index (Phi) is 5.79. The van der Waals surface area contributed by atoms with Crippen molar-refractivity contribution in [3.05, 3.63) is 72.3 Å². The van der Waals surface area contributed by atoms with E-state index in [0.717, 1.165) is 29.9 Å². The Bertz CT molecular complexity index is 1210. The number of carbonyl (C=O) groups excluding carboxylic acids is 1. The number of carbonyl (C=O) groups is 2. The van der Waals surface area contributed by atoms with Gasteiger partial charge in [-0.25, -0.2) is 19.6 Å². The van der Waals surface area contributed by atoms with Gasteiger partial charge in [-0.1, -0.05) is 12.1 Å². The van der Waals surface area contributed by atoms with Crippen LogP contribution >= 0.6 is 0 Å². The molecule has 0 aliphatic heterocycles. The van der Waals surface area contributed by atoms with Crippen LogP contribution in [0.15, 0.2) is 61.2 Å². The second kappa shape index (κ2) is 8.83. The van der Waals surface area contributed by atoms with Crippen molar-refractivity contribution in [2.24, 2.45) is 0 Å². The molecule has 1 N–H and O–H groups in total. The van der Waals surface area contributed by atoms with Crippen LogP contribution in [0.4, 0.5) is 0 Å². The maximum atomic E-state index is 12.1. The normalized spacial score (nSPS) is 11.0. The highest BCUT2D eigenvalue weighted by molar-refractivity contribution is 5.94. The molecule has 8 nitrogen and oxygen atoms in total. The Morgan fingerprint density at radius 1 is 1.06 bits per heavy atom. The number of esters is 1. The van der Waals surface area contributed by atoms with E-state index in [9.17, 15) is 14.7 Å². The van der Waals surface area contributed by atoms with Crippen molar-refractivity contribution in [3.63, 3.8) is 0 Å². The minimum Gasteiger partial charge on any atom is -0.478 e. The predicted octanol–water partition coefficient (Wildman–Crippen LogP) is 3.87. The van der Waals surface area contributed by atoms with Crippen molar-refractivity contribution in [2.45, 2.75) is 26.4 Å². The fourth-order valence-corrected chi connectivity index (χ4v) is 3.51. The number of benzene rings is 2. The number of carboxylic acid groups (broad SMARTS) is 1. The van der Waals surface area contributed by atoms with Crippen LogP contribution in [0.5, 0.6) is 0 Å². The first-order chi connectivity index (χ1) is 15.1. The number of aromatic nitrogens is 4. The summed E-state index contributed by atoms with van der Waals surface area (Å²) in [7, 11) is 0. The van der Waals surface area contributed by atoms with Gasteiger partial charge in [-0.15, -0.1) is 0 Å². The van der Waals surface area contributed by atoms with Gasteiger partial charge in [0.1, 0.15) is 5.82 Å². The SMILES string of the molecule is CCOC(=O)c1ccc2c(c1)nc(-c1ccc(C(=O)O)cc1)n2CCCn1ccnc1. The molecule has 0 amide bonds. The van der Waals surface area contributed by atoms with Crippen molar-refractivity contribution in [1.29, 1.82) is 0 Å². The third kappa shape index (κ3) is 4.32. The molecule has 2 heterocycles. The van der Waals surface area contributed by atoms with Crippen LogP contribution in [-0.4, -0.2) is 42.8 Å². The van der Waals surface area contributed by atoms with Crippen LogP contribution in [-0.2, 0) is 17.8 Å². The van der Waals surface area contributed by atoms with Crippen molar-refractivity contribution in [1.82, 2.24) is 19.1 Å². The molecule has 0 saturated carbocycles. The molecule has 0 atom stereocenters. The maximum Gasteiger partial charge on any atom is 0.338 e. The second-order valence-electron chi connectivity index (χ2n) is 7.05. The summed E-state index contributed by atoms with van der Waals surface area (Å²) in [5.74, 6) is -0.635. The molecule has 158 valence electrons. The first-order valence-corrected chi connectivity index (χ1v) is 10.0. The van der Waals surface area contributed by atoms with E-state index in [1.54, 1.807) is 55.8 Å². The summed E-state index contributed by atoms with van der Waals surface area (Å²) in [6, 6.07) is 12.0. The Morgan fingerprint density at radius 2 is 1.84 bits per heavy atom. The summed E-state index contributed by atoms with van der Waals surface area (Å²) in [6.07, 6.45) is 6.30. The molecular formula is C23H22N4O4. The number of ether oxygens (including phenoxy) is 1. The molecule has 0 unspecified atom stereocenters. The standard InChI is InChI=1S/C23H22N4O4/c1-2-31-23(30)18-8-9-20-19(14-18)25-21(16-4-6-17(7-5-16)22(28)29)27(20)12-3-11-26-13-10-24-15-26/h4-10,13-15H,2-3,11-12H2,1H3,(H,28,29). The van der Waals surface area contributed by atoms with E-state index >= 15 is 0 Å². The van der Waals surface area contributed by atoms with Gasteiger partial charge in [0.05, 0.1) is 35.1 Å². The number of hydrogen-bond acceptors (Lipinski definition) is 5. The third-order valence-corrected chi connectivity index (χ3v) is 5.01. The summed E-state index contributed by atoms with van der Waals surface area (Å²) in [6.45, 7) is 3.58. The number of nitrogens with zero attached hydrogens (tertiary/aromatic N) is 4. The van der Waals surface area contributed by atoms with Gasteiger partial charge in [-0.3, -0.25) is 0 Å². The maximum absolute atomic E-state index is 12.1. The molecule has 2 aromatic carbocycles. The van der Waals surface area contributed by atoms with Crippen LogP contribution < -0.4 is 0 Å². The number of hydrogen-bond donors (Lipinski definition) is 1. The number of aryl methyl sites for hydroxylation is 2. The number of fused-ring (bicyclic) bond motifs is 1. The minimum absolute atomic E-state index is 0.219. The highest BCUT2D eigenvalue weighted by Gasteiger charge is 2.16. The lowest BCUT2D eigenvalue weighted by atomic mass is 10.1. The third-order valence-electron chi connectivity index (χ3n) is 5.01. The van der Waals surface area contributed by atoms with Crippen LogP contribution in [0.1, 0.15) is 34.1 Å². The smallest absolute Gasteiger partial charge is 0.338 e. The van der Waals surface area contributed by atoms with Crippen molar-refractivity contribution in [2.75, 3.05) is 6.61 Å². The van der Waals surface area contributed by atoms with E-state index in [1.807, 2.05) is 16.8 Å². The van der Waals surface area contributed by atoms with Gasteiger partial charge < -0.3 is 19.0 Å². The highest BCUT2D eigenvalue weighted by Crippen LogP contribution is 2.27. The monoisotopic (exact) mass is 418 g/mol. The van der Waals surface area contributed by atoms with Gasteiger partial charge in [-0.05, 0) is 43.7 Å². The number of carboxylic acids is 1. The Labute approximate surface area is 178 Å². The molecule has 0 radical (unpaired) electrons. The summed E-state index contributed by atoms with van der Waals surface area (Å²) in [5, 5.41) is 9.18. The molecule has 0 aliphatic carbocycles. The van der Waals surface area contributed by atoms with Gasteiger partial charge in [-0.2, -0.15) is 0 Å². The van der Waals surface area contributed by atoms with E-state index in [2.05, 4.69) is 9.55 Å². The minimum atomic E-state index is -0.973. The average Bonchev–Trinajstić information content (AvgIpc) is 3.42. The molecule has 4 aromatic rings. The summed E-state index contributed by atoms with van der Waals surface area (Å²) >= 11 is 0. The van der Waals surface area contributed by atoms with Gasteiger partial charge in [0.2, 0.25) is 0 Å². The molecule has 0 aliphatic rings. The van der Waals surface area contributed by atoms with Gasteiger partial charge >= 0.3 is 11.9 Å². The van der Waals surface area contributed by atoms with E-state index in [-0.39, 0.29) is 11.5 Å². The molecule has 8 heteroatoms. The lowest BCUT2D eigenvalue weighted by Gasteiger charge is -2.10. The Morgan fingerprint density at radius 3 is 2.52 bits per heavy atom. The average molecular weight is 418 g/mol. The van der Waals surface area contributed by atoms with Gasteiger partial charge in [0.25, 0.3) is 0 Å². The van der Waals surface area contributed by atoms with Crippen LogP contribution in [0.3, 0.4) is 0 Å². The van der Waals surface area contributed by atoms with Crippen molar-refractivity contribution < 1.29 is 19.4 Å². The lowest BCUT2D eigenvalue weighted by Crippen LogP contribution is -2.06. The first-order valence-electron chi connectivity index (χ1n) is 10.0. The van der Waals surface area contributed by atoms with E-state index < -0.39 is 5.97 Å². The largest absolute Gasteiger partial charge is 0.478 e. The molecule has 4 rings (SSSR count). The van der Waals surface area contributed by atoms with Crippen molar-refractivity contribution >= 4 is 23.0 Å². The van der Waals surface area contributed by atoms with Gasteiger partial charge in [0, 0.05) is 31.0 Å². The quantitative estimate of drug-likeness (QED) is 0.436. The van der Waals surface area contributed by atoms with Crippen LogP contribution in [0, 0.1) is 0 Å². The zero-order chi connectivity index (χ0) is 21.8. The molecule has 31 heavy (non-hydrogen) atoms. The van der Waals surface area contributed by atoms with E-state index in [0.29, 0.717) is 24.2 Å². The molecule has 0 spiro atoms. The predicted molar refractivity (Wildman–Crippen MR) is 115 cm³/mol. The van der Waals surface area contributed by atoms with E-state index in [4.69, 9.17) is 9.72 Å². The summed E-state index contributed by atoms with van der Waals surface area (Å²) in [5.41, 5.74) is 3.06. The zero-order valence-electron chi connectivity index (χ0n) is 17.1. The topological polar surface area (TPSA) is 99.2 Å². The summed E-state index contributed by atoms with van der Waals surface area (Å²) in [4.78, 5) is 32.2. The van der Waals surface area contributed by atoms with Crippen molar-refractivity contribution in [3.8, 4) is 11.4 Å². The molecule has 2 aromatic heterocycles. The zero-order valence-corrected chi connectivity index (χ0v) is 17.1. The van der Waals surface area contributed by atoms with Crippen LogP contribution in [0.2, 0.25) is 0 Å². The second-order valence-corrected chi connectivity index (χ2v) is 7.05. The number of imidazole rings is 2. The molecule has 0 saturated heterocycles. The number of rotatable bonds is 8. The fraction of sp³-hybridized carbons (Fsp3) is 0.217. The molecule has 0 fully saturated rings. The molecule has 0 bridgehead atoms. The Balaban J connectivity index is 1.71. The Hall–Kier alpha value is -3.94.